The van der Waals surface area contributed by atoms with E-state index < -0.39 is 0 Å². The maximum atomic E-state index is 13.4. The molecule has 2 aromatic carbocycles. The van der Waals surface area contributed by atoms with Gasteiger partial charge in [-0.05, 0) is 67.3 Å². The minimum Gasteiger partial charge on any atom is -0.493 e. The zero-order valence-corrected chi connectivity index (χ0v) is 18.9. The first kappa shape index (κ1) is 23.5. The number of aryl methyl sites for hydroxylation is 1. The minimum atomic E-state index is -0.355. The molecule has 0 radical (unpaired) electrons. The molecule has 0 aromatic heterocycles. The zero-order valence-electron chi connectivity index (χ0n) is 18.9. The normalized spacial score (nSPS) is 15.6. The van der Waals surface area contributed by atoms with Gasteiger partial charge in [0.15, 0.2) is 11.5 Å². The van der Waals surface area contributed by atoms with Crippen molar-refractivity contribution in [2.24, 2.45) is 0 Å². The number of carbonyl (C=O) groups is 2. The highest BCUT2D eigenvalue weighted by Gasteiger charge is 2.32. The Morgan fingerprint density at radius 1 is 1.16 bits per heavy atom. The Hall–Kier alpha value is -3.13. The molecule has 0 aliphatic carbocycles. The molecule has 1 atom stereocenters. The van der Waals surface area contributed by atoms with Crippen LogP contribution in [0, 0.1) is 12.7 Å². The van der Waals surface area contributed by atoms with Crippen LogP contribution in [0.2, 0.25) is 0 Å². The van der Waals surface area contributed by atoms with Crippen molar-refractivity contribution in [1.29, 1.82) is 0 Å². The quantitative estimate of drug-likeness (QED) is 0.627. The Morgan fingerprint density at radius 2 is 1.88 bits per heavy atom. The summed E-state index contributed by atoms with van der Waals surface area (Å²) in [6.07, 6.45) is 0.803. The van der Waals surface area contributed by atoms with Crippen molar-refractivity contribution in [2.75, 3.05) is 39.2 Å². The second-order valence-electron chi connectivity index (χ2n) is 7.66. The highest BCUT2D eigenvalue weighted by atomic mass is 19.1. The predicted octanol–water partition coefficient (Wildman–Crippen LogP) is 3.64. The van der Waals surface area contributed by atoms with Crippen LogP contribution < -0.4 is 14.8 Å². The number of nitrogens with zero attached hydrogens (tertiary/aromatic N) is 1. The molecular weight excluding hydrogens is 415 g/mol. The van der Waals surface area contributed by atoms with Crippen molar-refractivity contribution in [3.05, 3.63) is 52.8 Å². The van der Waals surface area contributed by atoms with E-state index in [-0.39, 0.29) is 43.3 Å². The molecule has 0 bridgehead atoms. The Morgan fingerprint density at radius 3 is 2.53 bits per heavy atom. The second kappa shape index (κ2) is 10.5. The van der Waals surface area contributed by atoms with E-state index in [9.17, 15) is 14.0 Å². The number of fused-ring (bicyclic) bond motifs is 1. The molecule has 172 valence electrons. The van der Waals surface area contributed by atoms with Gasteiger partial charge in [0.25, 0.3) is 0 Å². The van der Waals surface area contributed by atoms with E-state index in [1.165, 1.54) is 12.1 Å². The fourth-order valence-corrected chi connectivity index (χ4v) is 4.03. The van der Waals surface area contributed by atoms with Gasteiger partial charge in [0.1, 0.15) is 5.82 Å². The van der Waals surface area contributed by atoms with Gasteiger partial charge >= 0.3 is 5.97 Å². The molecule has 0 saturated carbocycles. The minimum absolute atomic E-state index is 0.0780. The number of hydrogen-bond acceptors (Lipinski definition) is 6. The van der Waals surface area contributed by atoms with Crippen LogP contribution >= 0.6 is 0 Å². The van der Waals surface area contributed by atoms with Crippen molar-refractivity contribution in [1.82, 2.24) is 4.90 Å². The SMILES string of the molecule is CCOC(=O)CC1c2cc(OC)c(OC)cc2CCN1CC(=O)Nc1ccc(F)cc1C. The summed E-state index contributed by atoms with van der Waals surface area (Å²) in [5, 5.41) is 2.84. The number of hydrogen-bond donors (Lipinski definition) is 1. The molecule has 7 nitrogen and oxygen atoms in total. The lowest BCUT2D eigenvalue weighted by atomic mass is 9.90. The Kier molecular flexibility index (Phi) is 7.69. The molecule has 0 spiro atoms. The van der Waals surface area contributed by atoms with Crippen molar-refractivity contribution < 1.29 is 28.2 Å². The topological polar surface area (TPSA) is 77.1 Å². The standard InChI is InChI=1S/C24H29FN2O5/c1-5-32-24(29)13-20-18-12-22(31-4)21(30-3)11-16(18)8-9-27(20)14-23(28)26-19-7-6-17(25)10-15(19)2/h6-7,10-12,20H,5,8-9,13-14H2,1-4H3,(H,26,28). The molecule has 1 amide bonds. The number of esters is 1. The summed E-state index contributed by atoms with van der Waals surface area (Å²) in [7, 11) is 3.14. The van der Waals surface area contributed by atoms with Gasteiger partial charge in [0.2, 0.25) is 5.91 Å². The second-order valence-corrected chi connectivity index (χ2v) is 7.66. The first-order valence-corrected chi connectivity index (χ1v) is 10.6. The fourth-order valence-electron chi connectivity index (χ4n) is 4.03. The maximum Gasteiger partial charge on any atom is 0.307 e. The highest BCUT2D eigenvalue weighted by Crippen LogP contribution is 2.39. The molecule has 0 saturated heterocycles. The van der Waals surface area contributed by atoms with Crippen LogP contribution in [0.4, 0.5) is 10.1 Å². The van der Waals surface area contributed by atoms with E-state index in [1.54, 1.807) is 34.1 Å². The Balaban J connectivity index is 1.85. The van der Waals surface area contributed by atoms with Gasteiger partial charge in [0, 0.05) is 18.3 Å². The summed E-state index contributed by atoms with van der Waals surface area (Å²) < 4.78 is 29.4. The fraction of sp³-hybridized carbons (Fsp3) is 0.417. The lowest BCUT2D eigenvalue weighted by molar-refractivity contribution is -0.145. The molecule has 1 aliphatic rings. The van der Waals surface area contributed by atoms with Gasteiger partial charge in [-0.3, -0.25) is 14.5 Å². The van der Waals surface area contributed by atoms with Crippen LogP contribution in [-0.2, 0) is 20.7 Å². The summed E-state index contributed by atoms with van der Waals surface area (Å²) in [5.41, 5.74) is 3.15. The molecule has 1 aliphatic heterocycles. The summed E-state index contributed by atoms with van der Waals surface area (Å²) in [4.78, 5) is 27.1. The number of ether oxygens (including phenoxy) is 3. The number of nitrogens with one attached hydrogen (secondary N) is 1. The summed E-state index contributed by atoms with van der Waals surface area (Å²) in [5.74, 6) is 0.261. The average Bonchev–Trinajstić information content (AvgIpc) is 2.76. The van der Waals surface area contributed by atoms with Crippen LogP contribution in [0.15, 0.2) is 30.3 Å². The average molecular weight is 445 g/mol. The van der Waals surface area contributed by atoms with Crippen LogP contribution in [-0.4, -0.2) is 50.7 Å². The third kappa shape index (κ3) is 5.37. The molecule has 0 fully saturated rings. The predicted molar refractivity (Wildman–Crippen MR) is 119 cm³/mol. The van der Waals surface area contributed by atoms with Crippen molar-refractivity contribution >= 4 is 17.6 Å². The Labute approximate surface area is 187 Å². The van der Waals surface area contributed by atoms with Gasteiger partial charge < -0.3 is 19.5 Å². The van der Waals surface area contributed by atoms with E-state index in [0.29, 0.717) is 35.7 Å². The molecule has 1 unspecified atom stereocenters. The van der Waals surface area contributed by atoms with Crippen molar-refractivity contribution in [3.63, 3.8) is 0 Å². The maximum absolute atomic E-state index is 13.4. The van der Waals surface area contributed by atoms with Crippen LogP contribution in [0.1, 0.15) is 36.1 Å². The number of methoxy groups -OCH3 is 2. The van der Waals surface area contributed by atoms with Gasteiger partial charge in [-0.2, -0.15) is 0 Å². The van der Waals surface area contributed by atoms with E-state index >= 15 is 0 Å². The molecule has 1 heterocycles. The van der Waals surface area contributed by atoms with Crippen molar-refractivity contribution in [3.8, 4) is 11.5 Å². The van der Waals surface area contributed by atoms with Gasteiger partial charge in [-0.1, -0.05) is 0 Å². The molecule has 8 heteroatoms. The van der Waals surface area contributed by atoms with Gasteiger partial charge in [0.05, 0.1) is 33.8 Å². The van der Waals surface area contributed by atoms with E-state index in [2.05, 4.69) is 5.32 Å². The molecular formula is C24H29FN2O5. The van der Waals surface area contributed by atoms with E-state index in [0.717, 1.165) is 11.1 Å². The zero-order chi connectivity index (χ0) is 23.3. The lowest BCUT2D eigenvalue weighted by Crippen LogP contribution is -2.41. The van der Waals surface area contributed by atoms with Crippen LogP contribution in [0.3, 0.4) is 0 Å². The first-order chi connectivity index (χ1) is 15.4. The van der Waals surface area contributed by atoms with E-state index in [4.69, 9.17) is 14.2 Å². The monoisotopic (exact) mass is 444 g/mol. The molecule has 1 N–H and O–H groups in total. The molecule has 32 heavy (non-hydrogen) atoms. The third-order valence-corrected chi connectivity index (χ3v) is 5.59. The molecule has 2 aromatic rings. The number of anilines is 1. The van der Waals surface area contributed by atoms with Gasteiger partial charge in [-0.25, -0.2) is 4.39 Å². The summed E-state index contributed by atoms with van der Waals surface area (Å²) >= 11 is 0. The molecule has 3 rings (SSSR count). The lowest BCUT2D eigenvalue weighted by Gasteiger charge is -2.37. The number of rotatable bonds is 8. The summed E-state index contributed by atoms with van der Waals surface area (Å²) in [6, 6.07) is 7.66. The largest absolute Gasteiger partial charge is 0.493 e. The summed E-state index contributed by atoms with van der Waals surface area (Å²) in [6.45, 7) is 4.45. The number of halogens is 1. The first-order valence-electron chi connectivity index (χ1n) is 10.6. The number of amides is 1. The Bertz CT molecular complexity index is 995. The van der Waals surface area contributed by atoms with Crippen LogP contribution in [0.5, 0.6) is 11.5 Å². The number of benzene rings is 2. The van der Waals surface area contributed by atoms with Crippen LogP contribution in [0.25, 0.3) is 0 Å². The highest BCUT2D eigenvalue weighted by molar-refractivity contribution is 5.93. The third-order valence-electron chi connectivity index (χ3n) is 5.59. The smallest absolute Gasteiger partial charge is 0.307 e. The van der Waals surface area contributed by atoms with Gasteiger partial charge in [-0.15, -0.1) is 0 Å². The van der Waals surface area contributed by atoms with E-state index in [1.807, 2.05) is 17.0 Å². The number of carbonyl (C=O) groups excluding carboxylic acids is 2. The van der Waals surface area contributed by atoms with Crippen molar-refractivity contribution in [2.45, 2.75) is 32.7 Å².